The van der Waals surface area contributed by atoms with E-state index in [1.807, 2.05) is 30.3 Å². The number of ether oxygens (including phenoxy) is 1. The van der Waals surface area contributed by atoms with E-state index in [2.05, 4.69) is 29.2 Å². The van der Waals surface area contributed by atoms with Gasteiger partial charge in [0.1, 0.15) is 11.6 Å². The number of halogens is 1. The van der Waals surface area contributed by atoms with Crippen LogP contribution in [0.2, 0.25) is 0 Å². The van der Waals surface area contributed by atoms with E-state index in [9.17, 15) is 9.18 Å². The summed E-state index contributed by atoms with van der Waals surface area (Å²) in [6.07, 6.45) is 2.72. The molecular weight excluding hydrogens is 389 g/mol. The molecule has 160 valence electrons. The van der Waals surface area contributed by atoms with Crippen molar-refractivity contribution in [3.8, 4) is 11.1 Å². The molecule has 0 N–H and O–H groups in total. The summed E-state index contributed by atoms with van der Waals surface area (Å²) < 4.78 is 19.3. The van der Waals surface area contributed by atoms with Crippen molar-refractivity contribution in [3.05, 3.63) is 89.7 Å². The van der Waals surface area contributed by atoms with Crippen LogP contribution in [0, 0.1) is 5.82 Å². The number of hydrogen-bond acceptors (Lipinski definition) is 3. The van der Waals surface area contributed by atoms with E-state index in [4.69, 9.17) is 4.74 Å². The molecule has 0 aliphatic carbocycles. The van der Waals surface area contributed by atoms with Crippen LogP contribution in [0.15, 0.2) is 72.8 Å². The highest BCUT2D eigenvalue weighted by Crippen LogP contribution is 2.23. The van der Waals surface area contributed by atoms with E-state index in [0.717, 1.165) is 50.3 Å². The molecule has 1 fully saturated rings. The predicted molar refractivity (Wildman–Crippen MR) is 123 cm³/mol. The Kier molecular flexibility index (Phi) is 7.11. The Labute approximate surface area is 183 Å². The second-order valence-electron chi connectivity index (χ2n) is 8.01. The van der Waals surface area contributed by atoms with E-state index in [1.54, 1.807) is 12.1 Å². The van der Waals surface area contributed by atoms with Gasteiger partial charge in [0.25, 0.3) is 0 Å². The molecule has 3 aromatic rings. The predicted octanol–water partition coefficient (Wildman–Crippen LogP) is 5.46. The highest BCUT2D eigenvalue weighted by atomic mass is 19.1. The topological polar surface area (TPSA) is 29.5 Å². The molecule has 0 aromatic heterocycles. The first-order chi connectivity index (χ1) is 15.2. The highest BCUT2D eigenvalue weighted by Gasteiger charge is 2.11. The molecular formula is C27H28FNO2. The van der Waals surface area contributed by atoms with Crippen LogP contribution in [0.4, 0.5) is 10.1 Å². The minimum atomic E-state index is -0.209. The number of benzene rings is 3. The van der Waals surface area contributed by atoms with E-state index >= 15 is 0 Å². The van der Waals surface area contributed by atoms with Crippen LogP contribution >= 0.6 is 0 Å². The average molecular weight is 418 g/mol. The molecule has 31 heavy (non-hydrogen) atoms. The minimum Gasteiger partial charge on any atom is -0.378 e. The maximum atomic E-state index is 13.9. The van der Waals surface area contributed by atoms with Gasteiger partial charge in [-0.1, -0.05) is 54.6 Å². The summed E-state index contributed by atoms with van der Waals surface area (Å²) in [7, 11) is 0. The van der Waals surface area contributed by atoms with Gasteiger partial charge in [0.05, 0.1) is 13.2 Å². The molecule has 1 aliphatic heterocycles. The molecule has 4 heteroatoms. The Morgan fingerprint density at radius 1 is 0.871 bits per heavy atom. The molecule has 0 radical (unpaired) electrons. The smallest absolute Gasteiger partial charge is 0.137 e. The second-order valence-corrected chi connectivity index (χ2v) is 8.01. The van der Waals surface area contributed by atoms with E-state index in [0.29, 0.717) is 18.4 Å². The van der Waals surface area contributed by atoms with E-state index in [1.165, 1.54) is 17.3 Å². The number of nitrogens with zero attached hydrogens (tertiary/aromatic N) is 1. The SMILES string of the molecule is O=C(CCCc1ccc(-c2ccccc2F)cc1)Cc1ccc(N2CCOCC2)cc1. The second kappa shape index (κ2) is 10.4. The minimum absolute atomic E-state index is 0.209. The maximum absolute atomic E-state index is 13.9. The highest BCUT2D eigenvalue weighted by molar-refractivity contribution is 5.81. The number of carbonyl (C=O) groups is 1. The monoisotopic (exact) mass is 417 g/mol. The Morgan fingerprint density at radius 2 is 1.55 bits per heavy atom. The van der Waals surface area contributed by atoms with Crippen molar-refractivity contribution in [1.29, 1.82) is 0 Å². The zero-order valence-corrected chi connectivity index (χ0v) is 17.7. The fraction of sp³-hybridized carbons (Fsp3) is 0.296. The summed E-state index contributed by atoms with van der Waals surface area (Å²) in [5, 5.41) is 0. The molecule has 4 rings (SSSR count). The third-order valence-corrected chi connectivity index (χ3v) is 5.77. The lowest BCUT2D eigenvalue weighted by Gasteiger charge is -2.28. The van der Waals surface area contributed by atoms with Gasteiger partial charge in [0.2, 0.25) is 0 Å². The number of hydrogen-bond donors (Lipinski definition) is 0. The first kappa shape index (κ1) is 21.3. The van der Waals surface area contributed by atoms with E-state index in [-0.39, 0.29) is 11.6 Å². The Hall–Kier alpha value is -2.98. The lowest BCUT2D eigenvalue weighted by molar-refractivity contribution is -0.118. The standard InChI is InChI=1S/C27H28FNO2/c28-27-7-2-1-6-26(27)23-12-8-21(9-13-23)4-3-5-25(30)20-22-10-14-24(15-11-22)29-16-18-31-19-17-29/h1-2,6-15H,3-5,16-20H2. The Morgan fingerprint density at radius 3 is 2.26 bits per heavy atom. The summed E-state index contributed by atoms with van der Waals surface area (Å²) in [4.78, 5) is 14.7. The number of Topliss-reactive ketones (excluding diaryl/α,β-unsaturated/α-hetero) is 1. The van der Waals surface area contributed by atoms with Crippen molar-refractivity contribution in [3.63, 3.8) is 0 Å². The number of rotatable bonds is 8. The molecule has 1 heterocycles. The molecule has 0 atom stereocenters. The van der Waals surface area contributed by atoms with Gasteiger partial charge in [0, 0.05) is 37.2 Å². The molecule has 1 saturated heterocycles. The molecule has 0 unspecified atom stereocenters. The number of aryl methyl sites for hydroxylation is 1. The zero-order chi connectivity index (χ0) is 21.5. The number of morpholine rings is 1. The lowest BCUT2D eigenvalue weighted by Crippen LogP contribution is -2.36. The van der Waals surface area contributed by atoms with Crippen molar-refractivity contribution in [2.75, 3.05) is 31.2 Å². The van der Waals surface area contributed by atoms with Crippen LogP contribution in [-0.2, 0) is 22.4 Å². The molecule has 0 bridgehead atoms. The van der Waals surface area contributed by atoms with Gasteiger partial charge in [-0.05, 0) is 47.7 Å². The van der Waals surface area contributed by atoms with Crippen molar-refractivity contribution in [2.24, 2.45) is 0 Å². The third-order valence-electron chi connectivity index (χ3n) is 5.77. The Balaban J connectivity index is 1.23. The zero-order valence-electron chi connectivity index (χ0n) is 17.7. The van der Waals surface area contributed by atoms with Gasteiger partial charge in [-0.2, -0.15) is 0 Å². The van der Waals surface area contributed by atoms with Crippen LogP contribution in [-0.4, -0.2) is 32.1 Å². The molecule has 0 amide bonds. The van der Waals surface area contributed by atoms with Gasteiger partial charge < -0.3 is 9.64 Å². The molecule has 3 aromatic carbocycles. The van der Waals surface area contributed by atoms with Crippen molar-refractivity contribution < 1.29 is 13.9 Å². The number of ketones is 1. The molecule has 3 nitrogen and oxygen atoms in total. The fourth-order valence-electron chi connectivity index (χ4n) is 4.00. The van der Waals surface area contributed by atoms with Gasteiger partial charge in [-0.25, -0.2) is 4.39 Å². The largest absolute Gasteiger partial charge is 0.378 e. The van der Waals surface area contributed by atoms with Gasteiger partial charge in [0.15, 0.2) is 0 Å². The molecule has 0 spiro atoms. The number of carbonyl (C=O) groups excluding carboxylic acids is 1. The van der Waals surface area contributed by atoms with Crippen LogP contribution in [0.3, 0.4) is 0 Å². The van der Waals surface area contributed by atoms with Gasteiger partial charge >= 0.3 is 0 Å². The van der Waals surface area contributed by atoms with Crippen molar-refractivity contribution in [1.82, 2.24) is 0 Å². The lowest BCUT2D eigenvalue weighted by atomic mass is 9.99. The van der Waals surface area contributed by atoms with Crippen LogP contribution in [0.1, 0.15) is 24.0 Å². The maximum Gasteiger partial charge on any atom is 0.137 e. The summed E-state index contributed by atoms with van der Waals surface area (Å²) in [6, 6.07) is 23.1. The average Bonchev–Trinajstić information content (AvgIpc) is 2.81. The van der Waals surface area contributed by atoms with Crippen LogP contribution in [0.25, 0.3) is 11.1 Å². The fourth-order valence-corrected chi connectivity index (χ4v) is 4.00. The normalized spacial score (nSPS) is 13.9. The van der Waals surface area contributed by atoms with Crippen LogP contribution < -0.4 is 4.90 Å². The quantitative estimate of drug-likeness (QED) is 0.487. The summed E-state index contributed by atoms with van der Waals surface area (Å²) >= 11 is 0. The Bertz CT molecular complexity index is 993. The van der Waals surface area contributed by atoms with E-state index < -0.39 is 0 Å². The summed E-state index contributed by atoms with van der Waals surface area (Å²) in [5.74, 6) is 0.0564. The van der Waals surface area contributed by atoms with Gasteiger partial charge in [-0.3, -0.25) is 4.79 Å². The summed E-state index contributed by atoms with van der Waals surface area (Å²) in [5.41, 5.74) is 4.92. The summed E-state index contributed by atoms with van der Waals surface area (Å²) in [6.45, 7) is 3.37. The van der Waals surface area contributed by atoms with Crippen LogP contribution in [0.5, 0.6) is 0 Å². The number of anilines is 1. The van der Waals surface area contributed by atoms with Crippen molar-refractivity contribution in [2.45, 2.75) is 25.7 Å². The first-order valence-corrected chi connectivity index (χ1v) is 11.0. The molecule has 1 aliphatic rings. The first-order valence-electron chi connectivity index (χ1n) is 11.0. The van der Waals surface area contributed by atoms with Crippen molar-refractivity contribution >= 4 is 11.5 Å². The van der Waals surface area contributed by atoms with Gasteiger partial charge in [-0.15, -0.1) is 0 Å². The third kappa shape index (κ3) is 5.80. The molecule has 0 saturated carbocycles.